The van der Waals surface area contributed by atoms with Crippen LogP contribution in [0.15, 0.2) is 24.8 Å². The first-order valence-electron chi connectivity index (χ1n) is 5.58. The van der Waals surface area contributed by atoms with Gasteiger partial charge in [-0.2, -0.15) is 0 Å². The lowest BCUT2D eigenvalue weighted by Crippen LogP contribution is -1.95. The molecule has 0 nitrogen and oxygen atoms in total. The quantitative estimate of drug-likeness (QED) is 0.374. The molecule has 0 heteroatoms. The Morgan fingerprint density at radius 2 is 2.00 bits per heavy atom. The third kappa shape index (κ3) is 7.83. The summed E-state index contributed by atoms with van der Waals surface area (Å²) in [6.45, 7) is 8.14. The Kier molecular flexibility index (Phi) is 9.18. The Morgan fingerprint density at radius 1 is 1.23 bits per heavy atom. The zero-order valence-electron chi connectivity index (χ0n) is 9.26. The van der Waals surface area contributed by atoms with E-state index >= 15 is 0 Å². The van der Waals surface area contributed by atoms with Crippen molar-refractivity contribution in [1.82, 2.24) is 0 Å². The molecule has 0 amide bonds. The van der Waals surface area contributed by atoms with Crippen molar-refractivity contribution < 1.29 is 0 Å². The van der Waals surface area contributed by atoms with Gasteiger partial charge < -0.3 is 0 Å². The van der Waals surface area contributed by atoms with E-state index in [0.29, 0.717) is 0 Å². The highest BCUT2D eigenvalue weighted by molar-refractivity contribution is 4.86. The number of allylic oxidation sites excluding steroid dienone is 3. The van der Waals surface area contributed by atoms with E-state index in [-0.39, 0.29) is 0 Å². The molecule has 1 atom stereocenters. The highest BCUT2D eigenvalue weighted by Crippen LogP contribution is 2.17. The average molecular weight is 180 g/mol. The summed E-state index contributed by atoms with van der Waals surface area (Å²) in [7, 11) is 0. The number of hydrogen-bond donors (Lipinski definition) is 0. The van der Waals surface area contributed by atoms with Crippen LogP contribution in [-0.2, 0) is 0 Å². The number of unbranched alkanes of at least 4 members (excludes halogenated alkanes) is 2. The predicted octanol–water partition coefficient (Wildman–Crippen LogP) is 4.73. The highest BCUT2D eigenvalue weighted by atomic mass is 14.1. The molecule has 0 spiro atoms. The van der Waals surface area contributed by atoms with Crippen molar-refractivity contribution in [2.75, 3.05) is 0 Å². The molecule has 0 aliphatic heterocycles. The molecular formula is C13H24. The van der Waals surface area contributed by atoms with Gasteiger partial charge in [0.2, 0.25) is 0 Å². The fourth-order valence-electron chi connectivity index (χ4n) is 1.60. The first-order valence-corrected chi connectivity index (χ1v) is 5.58. The molecule has 0 N–H and O–H groups in total. The Morgan fingerprint density at radius 3 is 2.54 bits per heavy atom. The summed E-state index contributed by atoms with van der Waals surface area (Å²) in [6.07, 6.45) is 14.4. The summed E-state index contributed by atoms with van der Waals surface area (Å²) in [5.74, 6) is 0.787. The first-order chi connectivity index (χ1) is 6.35. The third-order valence-corrected chi connectivity index (χ3v) is 2.38. The summed E-state index contributed by atoms with van der Waals surface area (Å²) in [5.41, 5.74) is 0. The van der Waals surface area contributed by atoms with E-state index in [9.17, 15) is 0 Å². The van der Waals surface area contributed by atoms with Crippen molar-refractivity contribution >= 4 is 0 Å². The largest absolute Gasteiger partial charge is 0.103 e. The van der Waals surface area contributed by atoms with E-state index < -0.39 is 0 Å². The molecule has 0 aromatic rings. The van der Waals surface area contributed by atoms with Crippen LogP contribution in [0.5, 0.6) is 0 Å². The van der Waals surface area contributed by atoms with E-state index in [4.69, 9.17) is 0 Å². The van der Waals surface area contributed by atoms with Gasteiger partial charge in [0.1, 0.15) is 0 Å². The van der Waals surface area contributed by atoms with Gasteiger partial charge in [-0.1, -0.05) is 44.4 Å². The minimum Gasteiger partial charge on any atom is -0.103 e. The van der Waals surface area contributed by atoms with Gasteiger partial charge in [-0.15, -0.1) is 6.58 Å². The second kappa shape index (κ2) is 9.57. The van der Waals surface area contributed by atoms with Gasteiger partial charge in [-0.05, 0) is 32.1 Å². The molecule has 0 rings (SSSR count). The van der Waals surface area contributed by atoms with E-state index in [1.54, 1.807) is 0 Å². The third-order valence-electron chi connectivity index (χ3n) is 2.38. The molecule has 0 heterocycles. The average Bonchev–Trinajstić information content (AvgIpc) is 2.14. The Bertz CT molecular complexity index is 133. The van der Waals surface area contributed by atoms with Gasteiger partial charge in [0, 0.05) is 0 Å². The monoisotopic (exact) mass is 180 g/mol. The van der Waals surface area contributed by atoms with Crippen LogP contribution < -0.4 is 0 Å². The summed E-state index contributed by atoms with van der Waals surface area (Å²) in [4.78, 5) is 0. The van der Waals surface area contributed by atoms with Crippen molar-refractivity contribution in [3.05, 3.63) is 24.8 Å². The van der Waals surface area contributed by atoms with Crippen molar-refractivity contribution in [3.63, 3.8) is 0 Å². The fraction of sp³-hybridized carbons (Fsp3) is 0.692. The topological polar surface area (TPSA) is 0 Å². The highest BCUT2D eigenvalue weighted by Gasteiger charge is 2.02. The summed E-state index contributed by atoms with van der Waals surface area (Å²) >= 11 is 0. The zero-order chi connectivity index (χ0) is 9.94. The van der Waals surface area contributed by atoms with E-state index in [0.717, 1.165) is 12.3 Å². The minimum atomic E-state index is 0.787. The normalized spacial score (nSPS) is 13.4. The van der Waals surface area contributed by atoms with E-state index in [1.165, 1.54) is 32.1 Å². The summed E-state index contributed by atoms with van der Waals surface area (Å²) in [6, 6.07) is 0. The molecular weight excluding hydrogens is 156 g/mol. The molecule has 0 fully saturated rings. The molecule has 0 radical (unpaired) electrons. The number of rotatable bonds is 8. The van der Waals surface area contributed by atoms with Crippen molar-refractivity contribution in [2.45, 2.75) is 52.4 Å². The molecule has 0 aromatic heterocycles. The van der Waals surface area contributed by atoms with Crippen LogP contribution in [0.25, 0.3) is 0 Å². The van der Waals surface area contributed by atoms with Crippen LogP contribution in [0, 0.1) is 5.92 Å². The Hall–Kier alpha value is -0.520. The smallest absolute Gasteiger partial charge is 0.0231 e. The van der Waals surface area contributed by atoms with Crippen molar-refractivity contribution in [2.24, 2.45) is 5.92 Å². The number of hydrogen-bond acceptors (Lipinski definition) is 0. The van der Waals surface area contributed by atoms with Crippen molar-refractivity contribution in [3.8, 4) is 0 Å². The zero-order valence-corrected chi connectivity index (χ0v) is 9.26. The van der Waals surface area contributed by atoms with Gasteiger partial charge in [-0.3, -0.25) is 0 Å². The first kappa shape index (κ1) is 12.5. The van der Waals surface area contributed by atoms with Gasteiger partial charge >= 0.3 is 0 Å². The van der Waals surface area contributed by atoms with Gasteiger partial charge in [0.05, 0.1) is 0 Å². The predicted molar refractivity (Wildman–Crippen MR) is 61.9 cm³/mol. The maximum absolute atomic E-state index is 3.77. The second-order valence-corrected chi connectivity index (χ2v) is 3.65. The molecule has 13 heavy (non-hydrogen) atoms. The lowest BCUT2D eigenvalue weighted by molar-refractivity contribution is 0.511. The molecule has 0 aliphatic carbocycles. The van der Waals surface area contributed by atoms with Crippen LogP contribution in [0.3, 0.4) is 0 Å². The summed E-state index contributed by atoms with van der Waals surface area (Å²) in [5, 5.41) is 0. The Labute approximate surface area is 83.7 Å². The maximum Gasteiger partial charge on any atom is -0.0231 e. The molecule has 0 saturated heterocycles. The van der Waals surface area contributed by atoms with Crippen molar-refractivity contribution in [1.29, 1.82) is 0 Å². The van der Waals surface area contributed by atoms with Gasteiger partial charge in [-0.25, -0.2) is 0 Å². The standard InChI is InChI=1S/C13H24/c1-4-7-9-12-13(10-6-3)11-8-5-2/h5-6,10,13H,2,4,7-9,11-12H2,1,3H3. The van der Waals surface area contributed by atoms with E-state index in [1.807, 2.05) is 6.08 Å². The summed E-state index contributed by atoms with van der Waals surface area (Å²) < 4.78 is 0. The van der Waals surface area contributed by atoms with Gasteiger partial charge in [0.25, 0.3) is 0 Å². The van der Waals surface area contributed by atoms with Crippen LogP contribution in [0.1, 0.15) is 52.4 Å². The van der Waals surface area contributed by atoms with E-state index in [2.05, 4.69) is 32.6 Å². The lowest BCUT2D eigenvalue weighted by atomic mass is 9.96. The molecule has 76 valence electrons. The fourth-order valence-corrected chi connectivity index (χ4v) is 1.60. The van der Waals surface area contributed by atoms with Crippen LogP contribution in [0.2, 0.25) is 0 Å². The lowest BCUT2D eigenvalue weighted by Gasteiger charge is -2.10. The van der Waals surface area contributed by atoms with Crippen LogP contribution >= 0.6 is 0 Å². The van der Waals surface area contributed by atoms with Crippen LogP contribution in [-0.4, -0.2) is 0 Å². The molecule has 0 aliphatic rings. The SMILES string of the molecule is C=CCCC(C=CC)CCCCC. The molecule has 1 unspecified atom stereocenters. The second-order valence-electron chi connectivity index (χ2n) is 3.65. The molecule has 0 aromatic carbocycles. The Balaban J connectivity index is 3.59. The minimum absolute atomic E-state index is 0.787. The van der Waals surface area contributed by atoms with Gasteiger partial charge in [0.15, 0.2) is 0 Å². The molecule has 0 bridgehead atoms. The molecule has 0 saturated carbocycles. The maximum atomic E-state index is 3.77. The van der Waals surface area contributed by atoms with Crippen LogP contribution in [0.4, 0.5) is 0 Å².